The first-order chi connectivity index (χ1) is 12.7. The van der Waals surface area contributed by atoms with Crippen LogP contribution in [0.25, 0.3) is 0 Å². The van der Waals surface area contributed by atoms with E-state index < -0.39 is 0 Å². The molecule has 0 saturated carbocycles. The molecule has 2 heterocycles. The number of rotatable bonds is 3. The van der Waals surface area contributed by atoms with E-state index in [4.69, 9.17) is 11.6 Å². The fourth-order valence-electron chi connectivity index (χ4n) is 3.69. The summed E-state index contributed by atoms with van der Waals surface area (Å²) >= 11 is 5.98. The average molecular weight is 371 g/mol. The molecule has 0 aromatic heterocycles. The van der Waals surface area contributed by atoms with Crippen molar-refractivity contribution in [3.8, 4) is 0 Å². The fraction of sp³-hybridized carbons (Fsp3) is 0.350. The van der Waals surface area contributed by atoms with Crippen molar-refractivity contribution in [3.63, 3.8) is 0 Å². The number of carbonyl (C=O) groups is 1. The topological polar surface area (TPSA) is 47.6 Å². The van der Waals surface area contributed by atoms with Crippen LogP contribution in [0.2, 0.25) is 5.02 Å². The standard InChI is InChI=1S/C20H23ClN4O/c21-17-8-6-15(7-9-17)18-14-19(23-22-18)24-10-12-25(13-11-24)20(26)16-4-2-1-3-5-16/h1-9,18-19,22-23H,10-14H2. The number of benzene rings is 2. The van der Waals surface area contributed by atoms with Gasteiger partial charge in [0.15, 0.2) is 0 Å². The third kappa shape index (κ3) is 3.76. The van der Waals surface area contributed by atoms with E-state index >= 15 is 0 Å². The van der Waals surface area contributed by atoms with Gasteiger partial charge in [-0.2, -0.15) is 0 Å². The zero-order chi connectivity index (χ0) is 17.9. The fourth-order valence-corrected chi connectivity index (χ4v) is 3.82. The highest BCUT2D eigenvalue weighted by molar-refractivity contribution is 6.30. The second-order valence-electron chi connectivity index (χ2n) is 6.84. The van der Waals surface area contributed by atoms with E-state index in [0.717, 1.165) is 43.2 Å². The Morgan fingerprint density at radius 2 is 1.62 bits per heavy atom. The van der Waals surface area contributed by atoms with Gasteiger partial charge in [0.1, 0.15) is 0 Å². The normalized spacial score (nSPS) is 24.0. The Morgan fingerprint density at radius 3 is 2.31 bits per heavy atom. The van der Waals surface area contributed by atoms with E-state index in [1.165, 1.54) is 5.56 Å². The predicted octanol–water partition coefficient (Wildman–Crippen LogP) is 2.66. The number of carbonyl (C=O) groups excluding carboxylic acids is 1. The average Bonchev–Trinajstić information content (AvgIpc) is 3.19. The summed E-state index contributed by atoms with van der Waals surface area (Å²) in [6.45, 7) is 3.28. The molecule has 2 aromatic carbocycles. The summed E-state index contributed by atoms with van der Waals surface area (Å²) < 4.78 is 0. The van der Waals surface area contributed by atoms with Crippen molar-refractivity contribution in [2.24, 2.45) is 0 Å². The molecule has 0 radical (unpaired) electrons. The lowest BCUT2D eigenvalue weighted by molar-refractivity contribution is 0.0545. The third-order valence-corrected chi connectivity index (χ3v) is 5.47. The van der Waals surface area contributed by atoms with Gasteiger partial charge in [-0.3, -0.25) is 9.69 Å². The Labute approximate surface area is 158 Å². The number of halogens is 1. The Bertz CT molecular complexity index is 744. The highest BCUT2D eigenvalue weighted by Gasteiger charge is 2.32. The minimum atomic E-state index is 0.127. The van der Waals surface area contributed by atoms with Crippen LogP contribution in [-0.4, -0.2) is 48.1 Å². The molecule has 0 bridgehead atoms. The summed E-state index contributed by atoms with van der Waals surface area (Å²) in [6.07, 6.45) is 1.28. The van der Waals surface area contributed by atoms with Gasteiger partial charge in [0.25, 0.3) is 5.91 Å². The second kappa shape index (κ2) is 7.76. The number of amides is 1. The van der Waals surface area contributed by atoms with E-state index in [0.29, 0.717) is 0 Å². The van der Waals surface area contributed by atoms with E-state index in [1.54, 1.807) is 0 Å². The van der Waals surface area contributed by atoms with Crippen molar-refractivity contribution >= 4 is 17.5 Å². The molecule has 5 nitrogen and oxygen atoms in total. The van der Waals surface area contributed by atoms with Crippen molar-refractivity contribution in [2.45, 2.75) is 18.6 Å². The minimum absolute atomic E-state index is 0.127. The molecule has 2 N–H and O–H groups in total. The van der Waals surface area contributed by atoms with Crippen LogP contribution < -0.4 is 10.9 Å². The van der Waals surface area contributed by atoms with E-state index in [9.17, 15) is 4.79 Å². The summed E-state index contributed by atoms with van der Waals surface area (Å²) in [7, 11) is 0. The van der Waals surface area contributed by atoms with Gasteiger partial charge < -0.3 is 4.90 Å². The van der Waals surface area contributed by atoms with Gasteiger partial charge in [0.2, 0.25) is 0 Å². The Morgan fingerprint density at radius 1 is 0.923 bits per heavy atom. The van der Waals surface area contributed by atoms with Crippen molar-refractivity contribution in [2.75, 3.05) is 26.2 Å². The highest BCUT2D eigenvalue weighted by Crippen LogP contribution is 2.25. The molecule has 0 spiro atoms. The van der Waals surface area contributed by atoms with Gasteiger partial charge in [-0.05, 0) is 36.2 Å². The van der Waals surface area contributed by atoms with Crippen molar-refractivity contribution in [1.82, 2.24) is 20.7 Å². The molecular weight excluding hydrogens is 348 g/mol. The maximum Gasteiger partial charge on any atom is 0.253 e. The quantitative estimate of drug-likeness (QED) is 0.872. The molecule has 2 aliphatic rings. The largest absolute Gasteiger partial charge is 0.336 e. The molecular formula is C20H23ClN4O. The van der Waals surface area contributed by atoms with Crippen LogP contribution in [-0.2, 0) is 0 Å². The van der Waals surface area contributed by atoms with Crippen LogP contribution in [0, 0.1) is 0 Å². The van der Waals surface area contributed by atoms with Gasteiger partial charge in [0.05, 0.1) is 6.17 Å². The zero-order valence-electron chi connectivity index (χ0n) is 14.6. The number of hydrogen-bond acceptors (Lipinski definition) is 4. The number of nitrogens with one attached hydrogen (secondary N) is 2. The summed E-state index contributed by atoms with van der Waals surface area (Å²) in [5.41, 5.74) is 8.80. The molecule has 2 unspecified atom stereocenters. The maximum absolute atomic E-state index is 12.6. The molecule has 136 valence electrons. The van der Waals surface area contributed by atoms with E-state index in [1.807, 2.05) is 47.4 Å². The number of hydrogen-bond donors (Lipinski definition) is 2. The first-order valence-electron chi connectivity index (χ1n) is 9.05. The SMILES string of the molecule is O=C(c1ccccc1)N1CCN(C2CC(c3ccc(Cl)cc3)NN2)CC1. The molecule has 2 saturated heterocycles. The van der Waals surface area contributed by atoms with Crippen LogP contribution in [0.1, 0.15) is 28.4 Å². The van der Waals surface area contributed by atoms with Crippen molar-refractivity contribution < 1.29 is 4.79 Å². The molecule has 4 rings (SSSR count). The Hall–Kier alpha value is -1.92. The monoisotopic (exact) mass is 370 g/mol. The number of nitrogens with zero attached hydrogens (tertiary/aromatic N) is 2. The van der Waals surface area contributed by atoms with Crippen LogP contribution >= 0.6 is 11.6 Å². The summed E-state index contributed by atoms with van der Waals surface area (Å²) in [4.78, 5) is 16.9. The smallest absolute Gasteiger partial charge is 0.253 e. The molecule has 6 heteroatoms. The highest BCUT2D eigenvalue weighted by atomic mass is 35.5. The van der Waals surface area contributed by atoms with Gasteiger partial charge in [-0.1, -0.05) is 41.9 Å². The molecule has 2 aromatic rings. The number of piperazine rings is 1. The molecule has 0 aliphatic carbocycles. The Kier molecular flexibility index (Phi) is 5.22. The minimum Gasteiger partial charge on any atom is -0.336 e. The molecule has 1 amide bonds. The molecule has 2 fully saturated rings. The van der Waals surface area contributed by atoms with Crippen molar-refractivity contribution in [1.29, 1.82) is 0 Å². The van der Waals surface area contributed by atoms with Gasteiger partial charge in [-0.15, -0.1) is 0 Å². The van der Waals surface area contributed by atoms with Crippen LogP contribution in [0.4, 0.5) is 0 Å². The van der Waals surface area contributed by atoms with E-state index in [-0.39, 0.29) is 18.1 Å². The predicted molar refractivity (Wildman–Crippen MR) is 103 cm³/mol. The maximum atomic E-state index is 12.6. The summed E-state index contributed by atoms with van der Waals surface area (Å²) in [5, 5.41) is 0.760. The van der Waals surface area contributed by atoms with Crippen molar-refractivity contribution in [3.05, 3.63) is 70.7 Å². The molecule has 2 atom stereocenters. The third-order valence-electron chi connectivity index (χ3n) is 5.22. The lowest BCUT2D eigenvalue weighted by atomic mass is 10.0. The van der Waals surface area contributed by atoms with Crippen LogP contribution in [0.3, 0.4) is 0 Å². The van der Waals surface area contributed by atoms with Crippen LogP contribution in [0.15, 0.2) is 54.6 Å². The Balaban J connectivity index is 1.31. The zero-order valence-corrected chi connectivity index (χ0v) is 15.3. The lowest BCUT2D eigenvalue weighted by Gasteiger charge is -2.37. The summed E-state index contributed by atoms with van der Waals surface area (Å²) in [5.74, 6) is 0.127. The molecule has 26 heavy (non-hydrogen) atoms. The first kappa shape index (κ1) is 17.5. The first-order valence-corrected chi connectivity index (χ1v) is 9.43. The van der Waals surface area contributed by atoms with E-state index in [2.05, 4.69) is 27.9 Å². The second-order valence-corrected chi connectivity index (χ2v) is 7.27. The van der Waals surface area contributed by atoms with Crippen LogP contribution in [0.5, 0.6) is 0 Å². The van der Waals surface area contributed by atoms with Gasteiger partial charge in [0, 0.05) is 42.8 Å². The lowest BCUT2D eigenvalue weighted by Crippen LogP contribution is -2.55. The summed E-state index contributed by atoms with van der Waals surface area (Å²) in [6, 6.07) is 17.8. The molecule has 2 aliphatic heterocycles. The number of hydrazine groups is 1. The van der Waals surface area contributed by atoms with Gasteiger partial charge in [-0.25, -0.2) is 10.9 Å². The van der Waals surface area contributed by atoms with Gasteiger partial charge >= 0.3 is 0 Å².